The number of carbonyl (C=O) groups excluding carboxylic acids is 1. The van der Waals surface area contributed by atoms with Gasteiger partial charge in [-0.05, 0) is 37.5 Å². The zero-order chi connectivity index (χ0) is 19.2. The number of benzene rings is 2. The van der Waals surface area contributed by atoms with E-state index in [0.29, 0.717) is 12.3 Å². The molecule has 1 heterocycles. The number of hydrogen-bond acceptors (Lipinski definition) is 4. The number of hydrogen-bond donors (Lipinski definition) is 1. The van der Waals surface area contributed by atoms with Gasteiger partial charge in [0.25, 0.3) is 0 Å². The van der Waals surface area contributed by atoms with Crippen molar-refractivity contribution >= 4 is 17.7 Å². The molecule has 2 aromatic carbocycles. The second kappa shape index (κ2) is 8.86. The molecule has 6 heteroatoms. The van der Waals surface area contributed by atoms with Gasteiger partial charge in [-0.25, -0.2) is 0 Å². The van der Waals surface area contributed by atoms with Gasteiger partial charge in [-0.3, -0.25) is 9.36 Å². The number of nitrogens with one attached hydrogen (secondary N) is 1. The second-order valence-corrected chi connectivity index (χ2v) is 7.55. The number of nitrogens with zero attached hydrogens (tertiary/aromatic N) is 3. The smallest absolute Gasteiger partial charge is 0.230 e. The van der Waals surface area contributed by atoms with Crippen molar-refractivity contribution in [2.45, 2.75) is 31.8 Å². The SMILES string of the molecule is Cc1ccc(-n2c(C)nnc2SCC(=O)NCC(C)c2ccccc2)cc1. The van der Waals surface area contributed by atoms with E-state index in [4.69, 9.17) is 0 Å². The molecule has 0 aliphatic rings. The predicted molar refractivity (Wildman–Crippen MR) is 109 cm³/mol. The third kappa shape index (κ3) is 4.98. The van der Waals surface area contributed by atoms with Gasteiger partial charge in [0.05, 0.1) is 5.75 Å². The maximum Gasteiger partial charge on any atom is 0.230 e. The van der Waals surface area contributed by atoms with E-state index in [0.717, 1.165) is 16.7 Å². The van der Waals surface area contributed by atoms with Gasteiger partial charge in [0.1, 0.15) is 5.82 Å². The Kier molecular flexibility index (Phi) is 6.29. The van der Waals surface area contributed by atoms with E-state index in [2.05, 4.69) is 53.6 Å². The van der Waals surface area contributed by atoms with Crippen LogP contribution in [0.15, 0.2) is 59.8 Å². The highest BCUT2D eigenvalue weighted by Crippen LogP contribution is 2.22. The van der Waals surface area contributed by atoms with Crippen molar-refractivity contribution in [2.24, 2.45) is 0 Å². The summed E-state index contributed by atoms with van der Waals surface area (Å²) < 4.78 is 1.98. The molecule has 1 atom stereocenters. The van der Waals surface area contributed by atoms with E-state index in [1.165, 1.54) is 22.9 Å². The van der Waals surface area contributed by atoms with E-state index < -0.39 is 0 Å². The summed E-state index contributed by atoms with van der Waals surface area (Å²) in [7, 11) is 0. The maximum atomic E-state index is 12.3. The van der Waals surface area contributed by atoms with Gasteiger partial charge in [0.2, 0.25) is 5.91 Å². The van der Waals surface area contributed by atoms with Crippen LogP contribution in [0.4, 0.5) is 0 Å². The van der Waals surface area contributed by atoms with E-state index in [9.17, 15) is 4.79 Å². The Hall–Kier alpha value is -2.60. The van der Waals surface area contributed by atoms with Crippen molar-refractivity contribution in [3.8, 4) is 5.69 Å². The zero-order valence-electron chi connectivity index (χ0n) is 15.8. The number of rotatable bonds is 7. The Morgan fingerprint density at radius 3 is 2.48 bits per heavy atom. The Bertz CT molecular complexity index is 890. The normalized spacial score (nSPS) is 12.0. The predicted octanol–water partition coefficient (Wildman–Crippen LogP) is 3.90. The molecule has 0 spiro atoms. The fourth-order valence-electron chi connectivity index (χ4n) is 2.77. The van der Waals surface area contributed by atoms with Gasteiger partial charge in [-0.2, -0.15) is 0 Å². The Labute approximate surface area is 164 Å². The summed E-state index contributed by atoms with van der Waals surface area (Å²) in [5, 5.41) is 12.1. The minimum Gasteiger partial charge on any atom is -0.355 e. The summed E-state index contributed by atoms with van der Waals surface area (Å²) >= 11 is 1.40. The quantitative estimate of drug-likeness (QED) is 0.632. The third-order valence-electron chi connectivity index (χ3n) is 4.39. The van der Waals surface area contributed by atoms with Crippen molar-refractivity contribution in [1.82, 2.24) is 20.1 Å². The molecule has 1 aromatic heterocycles. The van der Waals surface area contributed by atoms with E-state index >= 15 is 0 Å². The van der Waals surface area contributed by atoms with Gasteiger partial charge >= 0.3 is 0 Å². The van der Waals surface area contributed by atoms with Gasteiger partial charge < -0.3 is 5.32 Å². The van der Waals surface area contributed by atoms with Crippen LogP contribution >= 0.6 is 11.8 Å². The van der Waals surface area contributed by atoms with Gasteiger partial charge in [-0.15, -0.1) is 10.2 Å². The van der Waals surface area contributed by atoms with Crippen LogP contribution in [0, 0.1) is 13.8 Å². The average molecular weight is 381 g/mol. The van der Waals surface area contributed by atoms with Crippen LogP contribution in [0.2, 0.25) is 0 Å². The van der Waals surface area contributed by atoms with Crippen LogP contribution < -0.4 is 5.32 Å². The zero-order valence-corrected chi connectivity index (χ0v) is 16.7. The molecule has 3 rings (SSSR count). The lowest BCUT2D eigenvalue weighted by Crippen LogP contribution is -2.29. The molecule has 27 heavy (non-hydrogen) atoms. The number of amides is 1. The summed E-state index contributed by atoms with van der Waals surface area (Å²) in [4.78, 5) is 12.3. The Balaban J connectivity index is 1.57. The lowest BCUT2D eigenvalue weighted by molar-refractivity contribution is -0.118. The molecule has 0 radical (unpaired) electrons. The Morgan fingerprint density at radius 2 is 1.78 bits per heavy atom. The van der Waals surface area contributed by atoms with Gasteiger partial charge in [0, 0.05) is 12.2 Å². The summed E-state index contributed by atoms with van der Waals surface area (Å²) in [6, 6.07) is 18.4. The average Bonchev–Trinajstić information content (AvgIpc) is 3.06. The topological polar surface area (TPSA) is 59.8 Å². The monoisotopic (exact) mass is 380 g/mol. The molecule has 0 saturated carbocycles. The maximum absolute atomic E-state index is 12.3. The fourth-order valence-corrected chi connectivity index (χ4v) is 3.60. The standard InChI is InChI=1S/C21H24N4OS/c1-15-9-11-19(12-10-15)25-17(3)23-24-21(25)27-14-20(26)22-13-16(2)18-7-5-4-6-8-18/h4-12,16H,13-14H2,1-3H3,(H,22,26). The molecule has 0 aliphatic heterocycles. The highest BCUT2D eigenvalue weighted by molar-refractivity contribution is 7.99. The number of aromatic nitrogens is 3. The first-order valence-corrected chi connectivity index (χ1v) is 9.96. The van der Waals surface area contributed by atoms with Crippen LogP contribution in [0.25, 0.3) is 5.69 Å². The molecule has 0 bridgehead atoms. The molecule has 3 aromatic rings. The van der Waals surface area contributed by atoms with Crippen LogP contribution in [0.1, 0.15) is 29.8 Å². The lowest BCUT2D eigenvalue weighted by Gasteiger charge is -2.13. The fraction of sp³-hybridized carbons (Fsp3) is 0.286. The summed E-state index contributed by atoms with van der Waals surface area (Å²) in [5.74, 6) is 1.39. The third-order valence-corrected chi connectivity index (χ3v) is 5.32. The number of carbonyl (C=O) groups is 1. The molecule has 1 amide bonds. The molecular weight excluding hydrogens is 356 g/mol. The Morgan fingerprint density at radius 1 is 1.07 bits per heavy atom. The van der Waals surface area contributed by atoms with Crippen molar-refractivity contribution < 1.29 is 4.79 Å². The van der Waals surface area contributed by atoms with Crippen LogP contribution in [-0.2, 0) is 4.79 Å². The summed E-state index contributed by atoms with van der Waals surface area (Å²) in [6.07, 6.45) is 0. The number of aryl methyl sites for hydroxylation is 2. The van der Waals surface area contributed by atoms with Crippen molar-refractivity contribution in [3.05, 3.63) is 71.5 Å². The molecule has 1 N–H and O–H groups in total. The minimum absolute atomic E-state index is 0.00103. The van der Waals surface area contributed by atoms with Crippen molar-refractivity contribution in [2.75, 3.05) is 12.3 Å². The first-order chi connectivity index (χ1) is 13.0. The molecule has 0 aliphatic carbocycles. The van der Waals surface area contributed by atoms with Crippen molar-refractivity contribution in [1.29, 1.82) is 0 Å². The first kappa shape index (κ1) is 19.2. The molecule has 140 valence electrons. The molecular formula is C21H24N4OS. The minimum atomic E-state index is -0.00103. The van der Waals surface area contributed by atoms with E-state index in [1.54, 1.807) is 0 Å². The molecule has 5 nitrogen and oxygen atoms in total. The first-order valence-electron chi connectivity index (χ1n) is 8.98. The molecule has 0 saturated heterocycles. The second-order valence-electron chi connectivity index (χ2n) is 6.61. The highest BCUT2D eigenvalue weighted by Gasteiger charge is 2.14. The van der Waals surface area contributed by atoms with Crippen LogP contribution in [0.5, 0.6) is 0 Å². The van der Waals surface area contributed by atoms with Crippen LogP contribution in [-0.4, -0.2) is 33.0 Å². The summed E-state index contributed by atoms with van der Waals surface area (Å²) in [6.45, 7) is 6.70. The largest absolute Gasteiger partial charge is 0.355 e. The van der Waals surface area contributed by atoms with E-state index in [-0.39, 0.29) is 11.8 Å². The highest BCUT2D eigenvalue weighted by atomic mass is 32.2. The van der Waals surface area contributed by atoms with Gasteiger partial charge in [0.15, 0.2) is 5.16 Å². The molecule has 0 fully saturated rings. The van der Waals surface area contributed by atoms with Gasteiger partial charge in [-0.1, -0.05) is 66.7 Å². The van der Waals surface area contributed by atoms with Crippen LogP contribution in [0.3, 0.4) is 0 Å². The van der Waals surface area contributed by atoms with E-state index in [1.807, 2.05) is 41.8 Å². The number of thioether (sulfide) groups is 1. The lowest BCUT2D eigenvalue weighted by atomic mass is 10.0. The van der Waals surface area contributed by atoms with Crippen molar-refractivity contribution in [3.63, 3.8) is 0 Å². The molecule has 1 unspecified atom stereocenters. The summed E-state index contributed by atoms with van der Waals surface area (Å²) in [5.41, 5.74) is 3.43.